The highest BCUT2D eigenvalue weighted by Crippen LogP contribution is 2.24. The average molecular weight is 319 g/mol. The number of sulfonamides is 1. The lowest BCUT2D eigenvalue weighted by Gasteiger charge is -2.26. The maximum atomic E-state index is 12.5. The molecule has 20 heavy (non-hydrogen) atoms. The van der Waals surface area contributed by atoms with E-state index < -0.39 is 10.0 Å². The summed E-state index contributed by atoms with van der Waals surface area (Å²) in [5.41, 5.74) is 0.682. The molecule has 0 atom stereocenters. The van der Waals surface area contributed by atoms with Gasteiger partial charge < -0.3 is 5.32 Å². The van der Waals surface area contributed by atoms with Crippen molar-refractivity contribution >= 4 is 21.6 Å². The number of hydrogen-bond donors (Lipinski definition) is 1. The molecule has 1 aromatic rings. The summed E-state index contributed by atoms with van der Waals surface area (Å²) in [6.07, 6.45) is 0. The van der Waals surface area contributed by atoms with E-state index in [2.05, 4.69) is 5.32 Å². The molecule has 0 aliphatic heterocycles. The molecule has 0 amide bonds. The molecule has 0 spiro atoms. The van der Waals surface area contributed by atoms with Gasteiger partial charge in [0, 0.05) is 25.2 Å². The smallest absolute Gasteiger partial charge is 0.242 e. The van der Waals surface area contributed by atoms with Gasteiger partial charge >= 0.3 is 0 Å². The van der Waals surface area contributed by atoms with Gasteiger partial charge in [-0.15, -0.1) is 0 Å². The molecule has 0 saturated carbocycles. The molecule has 0 aliphatic carbocycles. The third-order valence-corrected chi connectivity index (χ3v) is 4.96. The highest BCUT2D eigenvalue weighted by atomic mass is 35.5. The lowest BCUT2D eigenvalue weighted by molar-refractivity contribution is 0.311. The molecular weight excluding hydrogens is 296 g/mol. The molecule has 1 aromatic carbocycles. The van der Waals surface area contributed by atoms with Crippen LogP contribution in [0.4, 0.5) is 0 Å². The van der Waals surface area contributed by atoms with Crippen LogP contribution in [0.3, 0.4) is 0 Å². The zero-order valence-electron chi connectivity index (χ0n) is 12.7. The van der Waals surface area contributed by atoms with Crippen LogP contribution in [0.1, 0.15) is 26.3 Å². The normalized spacial score (nSPS) is 12.9. The van der Waals surface area contributed by atoms with Crippen LogP contribution in [0.15, 0.2) is 23.1 Å². The van der Waals surface area contributed by atoms with E-state index in [4.69, 9.17) is 11.6 Å². The molecule has 1 N–H and O–H groups in total. The van der Waals surface area contributed by atoms with Crippen molar-refractivity contribution < 1.29 is 8.42 Å². The SMILES string of the molecule is CNCc1cc(S(=O)(=O)N(C)CC(C)(C)C)ccc1Cl. The number of benzene rings is 1. The summed E-state index contributed by atoms with van der Waals surface area (Å²) < 4.78 is 26.5. The van der Waals surface area contributed by atoms with Gasteiger partial charge in [0.2, 0.25) is 10.0 Å². The molecule has 0 heterocycles. The number of halogens is 1. The number of hydrogen-bond acceptors (Lipinski definition) is 3. The van der Waals surface area contributed by atoms with Gasteiger partial charge in [-0.05, 0) is 36.2 Å². The van der Waals surface area contributed by atoms with Crippen LogP contribution in [0.5, 0.6) is 0 Å². The Morgan fingerprint density at radius 3 is 2.40 bits per heavy atom. The van der Waals surface area contributed by atoms with Gasteiger partial charge in [-0.3, -0.25) is 0 Å². The summed E-state index contributed by atoms with van der Waals surface area (Å²) in [6.45, 7) is 7.01. The topological polar surface area (TPSA) is 49.4 Å². The molecule has 0 aliphatic rings. The van der Waals surface area contributed by atoms with Crippen molar-refractivity contribution in [3.63, 3.8) is 0 Å². The summed E-state index contributed by atoms with van der Waals surface area (Å²) in [7, 11) is -0.0839. The van der Waals surface area contributed by atoms with Gasteiger partial charge in [0.05, 0.1) is 4.90 Å². The lowest BCUT2D eigenvalue weighted by Crippen LogP contribution is -2.34. The van der Waals surface area contributed by atoms with Gasteiger partial charge in [0.25, 0.3) is 0 Å². The second-order valence-electron chi connectivity index (χ2n) is 6.11. The van der Waals surface area contributed by atoms with Crippen molar-refractivity contribution in [3.05, 3.63) is 28.8 Å². The van der Waals surface area contributed by atoms with E-state index in [1.165, 1.54) is 4.31 Å². The number of nitrogens with zero attached hydrogens (tertiary/aromatic N) is 1. The summed E-state index contributed by atoms with van der Waals surface area (Å²) in [5.74, 6) is 0. The van der Waals surface area contributed by atoms with Crippen LogP contribution in [-0.2, 0) is 16.6 Å². The van der Waals surface area contributed by atoms with Crippen LogP contribution in [0, 0.1) is 5.41 Å². The minimum absolute atomic E-state index is 0.0952. The first-order valence-electron chi connectivity index (χ1n) is 6.47. The molecule has 0 radical (unpaired) electrons. The van der Waals surface area contributed by atoms with E-state index in [0.29, 0.717) is 18.1 Å². The first kappa shape index (κ1) is 17.4. The third-order valence-electron chi connectivity index (χ3n) is 2.79. The Bertz CT molecular complexity index is 565. The zero-order chi connectivity index (χ0) is 15.6. The lowest BCUT2D eigenvalue weighted by atomic mass is 9.97. The van der Waals surface area contributed by atoms with E-state index in [1.807, 2.05) is 20.8 Å². The fraction of sp³-hybridized carbons (Fsp3) is 0.571. The molecule has 1 rings (SSSR count). The Hall–Kier alpha value is -0.620. The van der Waals surface area contributed by atoms with Gasteiger partial charge in [0.1, 0.15) is 0 Å². The van der Waals surface area contributed by atoms with E-state index >= 15 is 0 Å². The Morgan fingerprint density at radius 2 is 1.90 bits per heavy atom. The van der Waals surface area contributed by atoms with Gasteiger partial charge in [-0.2, -0.15) is 0 Å². The second kappa shape index (κ2) is 6.43. The summed E-state index contributed by atoms with van der Waals surface area (Å²) in [6, 6.07) is 4.81. The third kappa shape index (κ3) is 4.45. The highest BCUT2D eigenvalue weighted by molar-refractivity contribution is 7.89. The minimum Gasteiger partial charge on any atom is -0.316 e. The van der Waals surface area contributed by atoms with Crippen molar-refractivity contribution in [1.29, 1.82) is 0 Å². The van der Waals surface area contributed by atoms with E-state index in [1.54, 1.807) is 32.3 Å². The second-order valence-corrected chi connectivity index (χ2v) is 8.56. The predicted molar refractivity (Wildman–Crippen MR) is 83.5 cm³/mol. The summed E-state index contributed by atoms with van der Waals surface area (Å²) >= 11 is 6.06. The van der Waals surface area contributed by atoms with Crippen LogP contribution in [0.2, 0.25) is 5.02 Å². The van der Waals surface area contributed by atoms with Crippen molar-refractivity contribution in [1.82, 2.24) is 9.62 Å². The Balaban J connectivity index is 3.12. The van der Waals surface area contributed by atoms with Crippen molar-refractivity contribution in [3.8, 4) is 0 Å². The van der Waals surface area contributed by atoms with Crippen LogP contribution in [-0.4, -0.2) is 33.4 Å². The van der Waals surface area contributed by atoms with Crippen LogP contribution >= 0.6 is 11.6 Å². The van der Waals surface area contributed by atoms with Crippen molar-refractivity contribution in [2.45, 2.75) is 32.2 Å². The summed E-state index contributed by atoms with van der Waals surface area (Å²) in [5, 5.41) is 3.54. The van der Waals surface area contributed by atoms with E-state index in [-0.39, 0.29) is 10.3 Å². The fourth-order valence-electron chi connectivity index (χ4n) is 1.97. The number of nitrogens with one attached hydrogen (secondary N) is 1. The first-order valence-corrected chi connectivity index (χ1v) is 8.29. The average Bonchev–Trinajstić information content (AvgIpc) is 2.29. The highest BCUT2D eigenvalue weighted by Gasteiger charge is 2.25. The van der Waals surface area contributed by atoms with Gasteiger partial charge in [-0.1, -0.05) is 32.4 Å². The Labute approximate surface area is 127 Å². The van der Waals surface area contributed by atoms with E-state index in [0.717, 1.165) is 5.56 Å². The van der Waals surface area contributed by atoms with Gasteiger partial charge in [-0.25, -0.2) is 12.7 Å². The predicted octanol–water partition coefficient (Wildman–Crippen LogP) is 2.73. The standard InChI is InChI=1S/C14H23ClN2O2S/c1-14(2,3)10-17(5)20(18,19)12-6-7-13(15)11(8-12)9-16-4/h6-8,16H,9-10H2,1-5H3. The fourth-order valence-corrected chi connectivity index (χ4v) is 3.60. The summed E-state index contributed by atoms with van der Waals surface area (Å²) in [4.78, 5) is 0.277. The van der Waals surface area contributed by atoms with E-state index in [9.17, 15) is 8.42 Å². The molecule has 0 bridgehead atoms. The monoisotopic (exact) mass is 318 g/mol. The number of rotatable bonds is 5. The molecule has 0 unspecified atom stereocenters. The first-order chi connectivity index (χ1) is 9.08. The van der Waals surface area contributed by atoms with Crippen molar-refractivity contribution in [2.75, 3.05) is 20.6 Å². The molecule has 6 heteroatoms. The maximum absolute atomic E-state index is 12.5. The molecule has 0 fully saturated rings. The maximum Gasteiger partial charge on any atom is 0.242 e. The molecule has 0 saturated heterocycles. The minimum atomic E-state index is -3.48. The largest absolute Gasteiger partial charge is 0.316 e. The molecule has 0 aromatic heterocycles. The Morgan fingerprint density at radius 1 is 1.30 bits per heavy atom. The quantitative estimate of drug-likeness (QED) is 0.908. The zero-order valence-corrected chi connectivity index (χ0v) is 14.3. The van der Waals surface area contributed by atoms with Gasteiger partial charge in [0.15, 0.2) is 0 Å². The molecule has 4 nitrogen and oxygen atoms in total. The Kier molecular flexibility index (Phi) is 5.61. The molecular formula is C14H23ClN2O2S. The van der Waals surface area contributed by atoms with Crippen molar-refractivity contribution in [2.24, 2.45) is 5.41 Å². The van der Waals surface area contributed by atoms with Crippen LogP contribution < -0.4 is 5.32 Å². The molecule has 114 valence electrons. The van der Waals surface area contributed by atoms with Crippen LogP contribution in [0.25, 0.3) is 0 Å².